The third-order valence-electron chi connectivity index (χ3n) is 4.91. The van der Waals surface area contributed by atoms with Crippen molar-refractivity contribution >= 4 is 17.6 Å². The summed E-state index contributed by atoms with van der Waals surface area (Å²) in [5.74, 6) is -1.03. The van der Waals surface area contributed by atoms with Crippen molar-refractivity contribution in [1.29, 1.82) is 5.26 Å². The maximum Gasteiger partial charge on any atom is 0.338 e. The number of ether oxygens (including phenoxy) is 1. The van der Waals surface area contributed by atoms with Gasteiger partial charge in [0.05, 0.1) is 29.9 Å². The van der Waals surface area contributed by atoms with Crippen LogP contribution in [0.25, 0.3) is 0 Å². The summed E-state index contributed by atoms with van der Waals surface area (Å²) < 4.78 is 5.28. The average Bonchev–Trinajstić information content (AvgIpc) is 3.22. The molecule has 0 radical (unpaired) electrons. The van der Waals surface area contributed by atoms with E-state index in [0.29, 0.717) is 16.8 Å². The van der Waals surface area contributed by atoms with Gasteiger partial charge < -0.3 is 15.0 Å². The van der Waals surface area contributed by atoms with Crippen molar-refractivity contribution in [1.82, 2.24) is 0 Å². The first kappa shape index (κ1) is 19.6. The fraction of sp³-hybridized carbons (Fsp3) is 0.318. The van der Waals surface area contributed by atoms with Gasteiger partial charge in [0.15, 0.2) is 6.10 Å². The summed E-state index contributed by atoms with van der Waals surface area (Å²) in [6.45, 7) is 4.87. The third kappa shape index (κ3) is 4.96. The number of carbonyl (C=O) groups excluding carboxylic acids is 2. The van der Waals surface area contributed by atoms with Crippen LogP contribution in [-0.2, 0) is 16.1 Å². The molecule has 2 aromatic carbocycles. The first-order valence-corrected chi connectivity index (χ1v) is 9.50. The van der Waals surface area contributed by atoms with Crippen LogP contribution in [-0.4, -0.2) is 31.1 Å². The van der Waals surface area contributed by atoms with Gasteiger partial charge in [0, 0.05) is 18.4 Å². The lowest BCUT2D eigenvalue weighted by Gasteiger charge is -2.15. The molecule has 1 atom stereocenters. The number of quaternary nitrogens is 1. The second-order valence-electron chi connectivity index (χ2n) is 7.02. The number of esters is 1. The van der Waals surface area contributed by atoms with E-state index in [4.69, 9.17) is 10.00 Å². The van der Waals surface area contributed by atoms with Crippen LogP contribution in [0.4, 0.5) is 5.69 Å². The Labute approximate surface area is 164 Å². The molecule has 0 aliphatic carbocycles. The summed E-state index contributed by atoms with van der Waals surface area (Å²) in [4.78, 5) is 26.2. The van der Waals surface area contributed by atoms with E-state index in [9.17, 15) is 9.59 Å². The molecule has 3 rings (SSSR count). The number of carbonyl (C=O) groups is 2. The quantitative estimate of drug-likeness (QED) is 0.753. The predicted octanol–water partition coefficient (Wildman–Crippen LogP) is 1.92. The van der Waals surface area contributed by atoms with E-state index < -0.39 is 18.0 Å². The Kier molecular flexibility index (Phi) is 6.41. The number of rotatable bonds is 6. The van der Waals surface area contributed by atoms with Crippen molar-refractivity contribution in [3.63, 3.8) is 0 Å². The number of nitriles is 1. The Morgan fingerprint density at radius 3 is 2.50 bits per heavy atom. The lowest BCUT2D eigenvalue weighted by atomic mass is 10.1. The molecule has 1 amide bonds. The molecule has 28 heavy (non-hydrogen) atoms. The van der Waals surface area contributed by atoms with Crippen LogP contribution in [0, 0.1) is 11.3 Å². The summed E-state index contributed by atoms with van der Waals surface area (Å²) in [6, 6.07) is 16.0. The maximum atomic E-state index is 12.3. The molecule has 0 aromatic heterocycles. The van der Waals surface area contributed by atoms with Crippen LogP contribution in [0.5, 0.6) is 0 Å². The topological polar surface area (TPSA) is 83.6 Å². The normalized spacial score (nSPS) is 14.9. The molecule has 2 aromatic rings. The fourth-order valence-corrected chi connectivity index (χ4v) is 3.31. The van der Waals surface area contributed by atoms with E-state index in [1.165, 1.54) is 38.4 Å². The SMILES string of the molecule is C[C@H](OC(=O)c1ccc(C[NH+]2CCCC2)cc1)C(=O)Nc1ccccc1C#N. The van der Waals surface area contributed by atoms with Gasteiger partial charge in [-0.1, -0.05) is 24.3 Å². The highest BCUT2D eigenvalue weighted by molar-refractivity contribution is 5.98. The molecule has 6 nitrogen and oxygen atoms in total. The van der Waals surface area contributed by atoms with Gasteiger partial charge in [0.25, 0.3) is 5.91 Å². The molecule has 0 spiro atoms. The first-order valence-electron chi connectivity index (χ1n) is 9.50. The minimum Gasteiger partial charge on any atom is -0.449 e. The maximum absolute atomic E-state index is 12.3. The molecule has 1 saturated heterocycles. The molecular formula is C22H24N3O3+. The summed E-state index contributed by atoms with van der Waals surface area (Å²) in [5, 5.41) is 11.7. The standard InChI is InChI=1S/C22H23N3O3/c1-16(21(26)24-20-7-3-2-6-19(20)14-23)28-22(27)18-10-8-17(9-11-18)15-25-12-4-5-13-25/h2-3,6-11,16H,4-5,12-13,15H2,1H3,(H,24,26)/p+1/t16-/m0/s1. The largest absolute Gasteiger partial charge is 0.449 e. The zero-order valence-electron chi connectivity index (χ0n) is 15.9. The Bertz CT molecular complexity index is 881. The minimum atomic E-state index is -0.979. The molecule has 2 N–H and O–H groups in total. The van der Waals surface area contributed by atoms with Crippen molar-refractivity contribution in [3.8, 4) is 6.07 Å². The van der Waals surface area contributed by atoms with Gasteiger partial charge in [-0.2, -0.15) is 5.26 Å². The van der Waals surface area contributed by atoms with Crippen LogP contribution < -0.4 is 10.2 Å². The van der Waals surface area contributed by atoms with Crippen LogP contribution >= 0.6 is 0 Å². The number of hydrogen-bond acceptors (Lipinski definition) is 4. The molecule has 0 unspecified atom stereocenters. The lowest BCUT2D eigenvalue weighted by molar-refractivity contribution is -0.901. The number of anilines is 1. The molecule has 1 aliphatic heterocycles. The highest BCUT2D eigenvalue weighted by atomic mass is 16.5. The zero-order chi connectivity index (χ0) is 19.9. The van der Waals surface area contributed by atoms with Crippen molar-refractivity contribution in [2.45, 2.75) is 32.4 Å². The van der Waals surface area contributed by atoms with Crippen LogP contribution in [0.2, 0.25) is 0 Å². The number of likely N-dealkylation sites (tertiary alicyclic amines) is 1. The molecule has 144 valence electrons. The van der Waals surface area contributed by atoms with E-state index in [-0.39, 0.29) is 0 Å². The second-order valence-corrected chi connectivity index (χ2v) is 7.02. The number of amides is 1. The van der Waals surface area contributed by atoms with Crippen molar-refractivity contribution in [3.05, 3.63) is 65.2 Å². The van der Waals surface area contributed by atoms with Gasteiger partial charge in [0.2, 0.25) is 0 Å². The summed E-state index contributed by atoms with van der Waals surface area (Å²) in [6.07, 6.45) is 1.57. The summed E-state index contributed by atoms with van der Waals surface area (Å²) in [5.41, 5.74) is 2.35. The highest BCUT2D eigenvalue weighted by Gasteiger charge is 2.20. The molecular weight excluding hydrogens is 354 g/mol. The van der Waals surface area contributed by atoms with Crippen LogP contribution in [0.3, 0.4) is 0 Å². The predicted molar refractivity (Wildman–Crippen MR) is 105 cm³/mol. The smallest absolute Gasteiger partial charge is 0.338 e. The first-order chi connectivity index (χ1) is 13.6. The third-order valence-corrected chi connectivity index (χ3v) is 4.91. The number of hydrogen-bond donors (Lipinski definition) is 2. The monoisotopic (exact) mass is 378 g/mol. The zero-order valence-corrected chi connectivity index (χ0v) is 15.9. The molecule has 0 bridgehead atoms. The highest BCUT2D eigenvalue weighted by Crippen LogP contribution is 2.15. The number of benzene rings is 2. The van der Waals surface area contributed by atoms with Crippen molar-refractivity contribution in [2.75, 3.05) is 18.4 Å². The summed E-state index contributed by atoms with van der Waals surface area (Å²) >= 11 is 0. The van der Waals surface area contributed by atoms with E-state index in [0.717, 1.165) is 6.54 Å². The molecule has 0 saturated carbocycles. The van der Waals surface area contributed by atoms with Crippen molar-refractivity contribution in [2.24, 2.45) is 0 Å². The Morgan fingerprint density at radius 2 is 1.82 bits per heavy atom. The fourth-order valence-electron chi connectivity index (χ4n) is 3.31. The van der Waals surface area contributed by atoms with Gasteiger partial charge in [0.1, 0.15) is 12.6 Å². The molecule has 1 fully saturated rings. The van der Waals surface area contributed by atoms with E-state index in [1.807, 2.05) is 18.2 Å². The molecule has 1 aliphatic rings. The second kappa shape index (κ2) is 9.16. The van der Waals surface area contributed by atoms with Crippen molar-refractivity contribution < 1.29 is 19.2 Å². The van der Waals surface area contributed by atoms with Gasteiger partial charge in [-0.3, -0.25) is 4.79 Å². The number of nitrogens with one attached hydrogen (secondary N) is 2. The summed E-state index contributed by atoms with van der Waals surface area (Å²) in [7, 11) is 0. The lowest BCUT2D eigenvalue weighted by Crippen LogP contribution is -3.08. The van der Waals surface area contributed by atoms with Crippen LogP contribution in [0.15, 0.2) is 48.5 Å². The van der Waals surface area contributed by atoms with E-state index >= 15 is 0 Å². The number of nitrogens with zero attached hydrogens (tertiary/aromatic N) is 1. The van der Waals surface area contributed by atoms with E-state index in [1.54, 1.807) is 41.3 Å². The Hall–Kier alpha value is -3.17. The average molecular weight is 378 g/mol. The number of para-hydroxylation sites is 1. The Morgan fingerprint density at radius 1 is 1.14 bits per heavy atom. The minimum absolute atomic E-state index is 0.352. The van der Waals surface area contributed by atoms with Gasteiger partial charge >= 0.3 is 5.97 Å². The van der Waals surface area contributed by atoms with E-state index in [2.05, 4.69) is 5.32 Å². The van der Waals surface area contributed by atoms with Gasteiger partial charge in [-0.15, -0.1) is 0 Å². The van der Waals surface area contributed by atoms with Gasteiger partial charge in [-0.05, 0) is 31.2 Å². The molecule has 1 heterocycles. The Balaban J connectivity index is 1.55. The molecule has 6 heteroatoms. The van der Waals surface area contributed by atoms with Crippen LogP contribution in [0.1, 0.15) is 41.3 Å². The van der Waals surface area contributed by atoms with Gasteiger partial charge in [-0.25, -0.2) is 4.79 Å².